The Morgan fingerprint density at radius 1 is 1.11 bits per heavy atom. The van der Waals surface area contributed by atoms with Crippen LogP contribution in [0.4, 0.5) is 0 Å². The predicted molar refractivity (Wildman–Crippen MR) is 82.5 cm³/mol. The number of benzene rings is 2. The summed E-state index contributed by atoms with van der Waals surface area (Å²) in [5, 5.41) is 11.4. The maximum absolute atomic E-state index is 9.44. The summed E-state index contributed by atoms with van der Waals surface area (Å²) in [6.45, 7) is 2.03. The zero-order valence-corrected chi connectivity index (χ0v) is 12.1. The van der Waals surface area contributed by atoms with Crippen molar-refractivity contribution in [2.24, 2.45) is 0 Å². The monoisotopic (exact) mass is 288 g/mol. The fraction of sp³-hybridized carbons (Fsp3) is 0.125. The summed E-state index contributed by atoms with van der Waals surface area (Å²) in [4.78, 5) is 1.31. The Hall–Kier alpha value is -1.51. The number of aromatic hydroxyl groups is 1. The van der Waals surface area contributed by atoms with E-state index in [4.69, 9.17) is 11.6 Å². The molecule has 0 unspecified atom stereocenters. The van der Waals surface area contributed by atoms with Crippen molar-refractivity contribution in [3.8, 4) is 5.75 Å². The van der Waals surface area contributed by atoms with Crippen molar-refractivity contribution in [1.82, 2.24) is 0 Å². The molecule has 19 heavy (non-hydrogen) atoms. The lowest BCUT2D eigenvalue weighted by atomic mass is 10.0. The largest absolute Gasteiger partial charge is 0.508 e. The summed E-state index contributed by atoms with van der Waals surface area (Å²) >= 11 is 7.80. The van der Waals surface area contributed by atoms with Gasteiger partial charge in [0.05, 0.1) is 0 Å². The van der Waals surface area contributed by atoms with Crippen LogP contribution in [0.5, 0.6) is 5.75 Å². The molecule has 1 heterocycles. The molecule has 1 nitrogen and oxygen atoms in total. The van der Waals surface area contributed by atoms with Gasteiger partial charge in [-0.15, -0.1) is 11.3 Å². The molecule has 0 saturated carbocycles. The van der Waals surface area contributed by atoms with Crippen LogP contribution in [0.1, 0.15) is 16.0 Å². The molecule has 0 saturated heterocycles. The van der Waals surface area contributed by atoms with E-state index in [9.17, 15) is 5.11 Å². The maximum atomic E-state index is 9.44. The molecule has 1 aromatic heterocycles. The lowest BCUT2D eigenvalue weighted by molar-refractivity contribution is 0.474. The topological polar surface area (TPSA) is 20.2 Å². The van der Waals surface area contributed by atoms with Crippen LogP contribution >= 0.6 is 22.9 Å². The van der Waals surface area contributed by atoms with Gasteiger partial charge in [0.2, 0.25) is 0 Å². The van der Waals surface area contributed by atoms with Gasteiger partial charge >= 0.3 is 0 Å². The van der Waals surface area contributed by atoms with Crippen molar-refractivity contribution in [1.29, 1.82) is 0 Å². The molecule has 3 heteroatoms. The molecule has 0 aliphatic heterocycles. The molecule has 0 spiro atoms. The van der Waals surface area contributed by atoms with Gasteiger partial charge in [0.25, 0.3) is 0 Å². The molecule has 0 aliphatic carbocycles. The number of phenolic OH excluding ortho intramolecular Hbond substituents is 1. The fourth-order valence-electron chi connectivity index (χ4n) is 2.22. The number of aryl methyl sites for hydroxylation is 1. The van der Waals surface area contributed by atoms with Crippen molar-refractivity contribution in [3.05, 3.63) is 63.5 Å². The molecule has 3 rings (SSSR count). The molecule has 96 valence electrons. The van der Waals surface area contributed by atoms with Crippen LogP contribution in [0, 0.1) is 6.92 Å². The van der Waals surface area contributed by atoms with E-state index >= 15 is 0 Å². The van der Waals surface area contributed by atoms with Gasteiger partial charge in [0.1, 0.15) is 5.75 Å². The summed E-state index contributed by atoms with van der Waals surface area (Å²) in [7, 11) is 0. The zero-order chi connectivity index (χ0) is 13.4. The third kappa shape index (κ3) is 2.60. The Balaban J connectivity index is 1.96. The average molecular weight is 289 g/mol. The molecule has 3 aromatic rings. The highest BCUT2D eigenvalue weighted by Gasteiger charge is 2.06. The summed E-state index contributed by atoms with van der Waals surface area (Å²) in [5.74, 6) is 0.323. The Kier molecular flexibility index (Phi) is 3.21. The van der Waals surface area contributed by atoms with Gasteiger partial charge in [-0.3, -0.25) is 0 Å². The second-order valence-corrected chi connectivity index (χ2v) is 6.29. The molecule has 0 bridgehead atoms. The van der Waals surface area contributed by atoms with E-state index in [-0.39, 0.29) is 0 Å². The number of hydrogen-bond acceptors (Lipinski definition) is 2. The van der Waals surface area contributed by atoms with Crippen LogP contribution in [-0.4, -0.2) is 5.11 Å². The van der Waals surface area contributed by atoms with E-state index in [0.29, 0.717) is 5.75 Å². The van der Waals surface area contributed by atoms with Crippen molar-refractivity contribution < 1.29 is 5.11 Å². The number of rotatable bonds is 2. The molecule has 2 aromatic carbocycles. The molecular weight excluding hydrogens is 276 g/mol. The smallest absolute Gasteiger partial charge is 0.115 e. The van der Waals surface area contributed by atoms with Crippen LogP contribution in [0.2, 0.25) is 5.02 Å². The molecule has 0 fully saturated rings. The van der Waals surface area contributed by atoms with E-state index in [0.717, 1.165) is 17.0 Å². The van der Waals surface area contributed by atoms with Gasteiger partial charge in [-0.25, -0.2) is 0 Å². The van der Waals surface area contributed by atoms with Crippen molar-refractivity contribution in [2.75, 3.05) is 0 Å². The molecule has 1 N–H and O–H groups in total. The van der Waals surface area contributed by atoms with Crippen molar-refractivity contribution >= 4 is 33.0 Å². The lowest BCUT2D eigenvalue weighted by Gasteiger charge is -2.04. The van der Waals surface area contributed by atoms with Gasteiger partial charge in [0, 0.05) is 21.0 Å². The number of fused-ring (bicyclic) bond motifs is 1. The minimum atomic E-state index is 0.323. The summed E-state index contributed by atoms with van der Waals surface area (Å²) < 4.78 is 1.26. The number of halogens is 1. The fourth-order valence-corrected chi connectivity index (χ4v) is 3.47. The molecule has 0 radical (unpaired) electrons. The third-order valence-electron chi connectivity index (χ3n) is 3.22. The van der Waals surface area contributed by atoms with Crippen LogP contribution in [0.15, 0.2) is 42.5 Å². The summed E-state index contributed by atoms with van der Waals surface area (Å²) in [6, 6.07) is 13.7. The number of thiophene rings is 1. The van der Waals surface area contributed by atoms with E-state index in [1.54, 1.807) is 23.5 Å². The Morgan fingerprint density at radius 2 is 1.95 bits per heavy atom. The Labute approximate surface area is 121 Å². The van der Waals surface area contributed by atoms with Gasteiger partial charge in [-0.1, -0.05) is 17.7 Å². The normalized spacial score (nSPS) is 11.1. The molecule has 0 aliphatic rings. The van der Waals surface area contributed by atoms with Gasteiger partial charge in [-0.05, 0) is 59.8 Å². The highest BCUT2D eigenvalue weighted by Crippen LogP contribution is 2.30. The summed E-state index contributed by atoms with van der Waals surface area (Å²) in [5.41, 5.74) is 2.37. The van der Waals surface area contributed by atoms with E-state index in [1.165, 1.54) is 20.5 Å². The van der Waals surface area contributed by atoms with Crippen LogP contribution < -0.4 is 0 Å². The zero-order valence-electron chi connectivity index (χ0n) is 10.5. The summed E-state index contributed by atoms with van der Waals surface area (Å²) in [6.07, 6.45) is 0.892. The third-order valence-corrected chi connectivity index (χ3v) is 4.57. The SMILES string of the molecule is Cc1cc(O)ccc1Cc1cc2cc(Cl)ccc2s1. The first-order valence-corrected chi connectivity index (χ1v) is 7.28. The molecule has 0 atom stereocenters. The highest BCUT2D eigenvalue weighted by atomic mass is 35.5. The van der Waals surface area contributed by atoms with E-state index in [1.807, 2.05) is 25.1 Å². The van der Waals surface area contributed by atoms with E-state index < -0.39 is 0 Å². The molecule has 0 amide bonds. The number of hydrogen-bond donors (Lipinski definition) is 1. The second-order valence-electron chi connectivity index (χ2n) is 4.68. The standard InChI is InChI=1S/C16H13ClOS/c1-10-6-14(18)4-2-11(10)8-15-9-12-7-13(17)3-5-16(12)19-15/h2-7,9,18H,8H2,1H3. The average Bonchev–Trinajstić information content (AvgIpc) is 2.74. The maximum Gasteiger partial charge on any atom is 0.115 e. The lowest BCUT2D eigenvalue weighted by Crippen LogP contribution is -1.88. The predicted octanol–water partition coefficient (Wildman–Crippen LogP) is 5.16. The van der Waals surface area contributed by atoms with Crippen LogP contribution in [0.3, 0.4) is 0 Å². The molecular formula is C16H13ClOS. The van der Waals surface area contributed by atoms with Crippen LogP contribution in [0.25, 0.3) is 10.1 Å². The Bertz CT molecular complexity index is 746. The first kappa shape index (κ1) is 12.5. The van der Waals surface area contributed by atoms with Crippen molar-refractivity contribution in [2.45, 2.75) is 13.3 Å². The number of phenols is 1. The second kappa shape index (κ2) is 4.87. The van der Waals surface area contributed by atoms with Gasteiger partial charge < -0.3 is 5.11 Å². The minimum absolute atomic E-state index is 0.323. The van der Waals surface area contributed by atoms with Gasteiger partial charge in [-0.2, -0.15) is 0 Å². The highest BCUT2D eigenvalue weighted by molar-refractivity contribution is 7.19. The van der Waals surface area contributed by atoms with E-state index in [2.05, 4.69) is 12.1 Å². The first-order chi connectivity index (χ1) is 9.11. The van der Waals surface area contributed by atoms with Crippen LogP contribution in [-0.2, 0) is 6.42 Å². The Morgan fingerprint density at radius 3 is 2.74 bits per heavy atom. The van der Waals surface area contributed by atoms with Gasteiger partial charge in [0.15, 0.2) is 0 Å². The minimum Gasteiger partial charge on any atom is -0.508 e. The quantitative estimate of drug-likeness (QED) is 0.690. The van der Waals surface area contributed by atoms with Crippen molar-refractivity contribution in [3.63, 3.8) is 0 Å². The first-order valence-electron chi connectivity index (χ1n) is 6.08.